The summed E-state index contributed by atoms with van der Waals surface area (Å²) in [6.07, 6.45) is 1.15. The molecule has 2 N–H and O–H groups in total. The van der Waals surface area contributed by atoms with Crippen LogP contribution < -0.4 is 10.2 Å². The summed E-state index contributed by atoms with van der Waals surface area (Å²) in [4.78, 5) is 38.2. The van der Waals surface area contributed by atoms with E-state index in [1.54, 1.807) is 12.1 Å². The number of nitrogens with one attached hydrogen (secondary N) is 1. The van der Waals surface area contributed by atoms with E-state index in [1.807, 2.05) is 19.9 Å². The van der Waals surface area contributed by atoms with Crippen LogP contribution in [0.15, 0.2) is 35.9 Å². The van der Waals surface area contributed by atoms with Crippen molar-refractivity contribution in [1.82, 2.24) is 5.32 Å². The van der Waals surface area contributed by atoms with Gasteiger partial charge in [0.1, 0.15) is 11.3 Å². The van der Waals surface area contributed by atoms with Gasteiger partial charge in [0.2, 0.25) is 0 Å². The largest absolute Gasteiger partial charge is 0.506 e. The number of aryl methyl sites for hydroxylation is 2. The standard InChI is InChI=1S/C19H14Cl2N2O4/c1-9-3-10(2)5-13(4-9)23-18(26)14(17(25)22-19(23)27)7-11-6-12(20)8-15(21)16(11)24/h3-8,24H,1-2H3,(H,22,25,27)/b14-7+. The van der Waals surface area contributed by atoms with Crippen LogP contribution in [0.25, 0.3) is 6.08 Å². The first kappa shape index (κ1) is 18.9. The van der Waals surface area contributed by atoms with Gasteiger partial charge in [-0.05, 0) is 55.3 Å². The Hall–Kier alpha value is -2.83. The first-order valence-electron chi connectivity index (χ1n) is 7.85. The first-order valence-corrected chi connectivity index (χ1v) is 8.60. The number of hydrogen-bond acceptors (Lipinski definition) is 4. The molecule has 1 heterocycles. The summed E-state index contributed by atoms with van der Waals surface area (Å²) in [7, 11) is 0. The Balaban J connectivity index is 2.10. The smallest absolute Gasteiger partial charge is 0.335 e. The van der Waals surface area contributed by atoms with Crippen LogP contribution in [-0.2, 0) is 9.59 Å². The van der Waals surface area contributed by atoms with Crippen LogP contribution in [0, 0.1) is 13.8 Å². The highest BCUT2D eigenvalue weighted by Crippen LogP contribution is 2.33. The molecule has 4 amide bonds. The molecular weight excluding hydrogens is 391 g/mol. The predicted octanol–water partition coefficient (Wildman–Crippen LogP) is 3.98. The zero-order valence-corrected chi connectivity index (χ0v) is 15.9. The highest BCUT2D eigenvalue weighted by Gasteiger charge is 2.37. The van der Waals surface area contributed by atoms with Crippen LogP contribution in [-0.4, -0.2) is 23.0 Å². The van der Waals surface area contributed by atoms with Crippen molar-refractivity contribution in [2.24, 2.45) is 0 Å². The van der Waals surface area contributed by atoms with E-state index in [1.165, 1.54) is 12.1 Å². The van der Waals surface area contributed by atoms with Crippen molar-refractivity contribution >= 4 is 52.8 Å². The molecule has 0 aromatic heterocycles. The molecule has 1 aliphatic heterocycles. The molecule has 1 saturated heterocycles. The Morgan fingerprint density at radius 1 is 1.00 bits per heavy atom. The summed E-state index contributed by atoms with van der Waals surface area (Å²) in [6.45, 7) is 3.66. The van der Waals surface area contributed by atoms with Crippen molar-refractivity contribution in [3.63, 3.8) is 0 Å². The summed E-state index contributed by atoms with van der Waals surface area (Å²) in [5.41, 5.74) is 1.80. The zero-order valence-electron chi connectivity index (χ0n) is 14.3. The highest BCUT2D eigenvalue weighted by atomic mass is 35.5. The maximum atomic E-state index is 12.9. The number of aromatic hydroxyl groups is 1. The lowest BCUT2D eigenvalue weighted by Crippen LogP contribution is -2.54. The maximum absolute atomic E-state index is 12.9. The Morgan fingerprint density at radius 3 is 2.26 bits per heavy atom. The molecule has 0 unspecified atom stereocenters. The van der Waals surface area contributed by atoms with Crippen LogP contribution in [0.3, 0.4) is 0 Å². The van der Waals surface area contributed by atoms with Gasteiger partial charge >= 0.3 is 6.03 Å². The summed E-state index contributed by atoms with van der Waals surface area (Å²) in [5, 5.41) is 12.4. The molecule has 1 aliphatic rings. The average Bonchev–Trinajstić information content (AvgIpc) is 2.54. The first-order chi connectivity index (χ1) is 12.7. The number of imide groups is 2. The molecule has 2 aromatic carbocycles. The van der Waals surface area contributed by atoms with Crippen molar-refractivity contribution < 1.29 is 19.5 Å². The van der Waals surface area contributed by atoms with Gasteiger partial charge in [0.15, 0.2) is 0 Å². The average molecular weight is 405 g/mol. The van der Waals surface area contributed by atoms with Gasteiger partial charge in [-0.2, -0.15) is 0 Å². The minimum absolute atomic E-state index is 0.0275. The zero-order chi connectivity index (χ0) is 19.9. The fraction of sp³-hybridized carbons (Fsp3) is 0.105. The monoisotopic (exact) mass is 404 g/mol. The van der Waals surface area contributed by atoms with Crippen molar-refractivity contribution in [2.45, 2.75) is 13.8 Å². The lowest BCUT2D eigenvalue weighted by atomic mass is 10.0. The van der Waals surface area contributed by atoms with E-state index >= 15 is 0 Å². The minimum atomic E-state index is -0.874. The molecule has 0 atom stereocenters. The number of hydrogen-bond donors (Lipinski definition) is 2. The second-order valence-electron chi connectivity index (χ2n) is 6.13. The van der Waals surface area contributed by atoms with E-state index in [4.69, 9.17) is 23.2 Å². The van der Waals surface area contributed by atoms with Crippen LogP contribution in [0.4, 0.5) is 10.5 Å². The van der Waals surface area contributed by atoms with E-state index in [0.29, 0.717) is 5.69 Å². The molecule has 3 rings (SSSR count). The van der Waals surface area contributed by atoms with E-state index in [0.717, 1.165) is 22.1 Å². The lowest BCUT2D eigenvalue weighted by Gasteiger charge is -2.27. The van der Waals surface area contributed by atoms with Crippen LogP contribution >= 0.6 is 23.2 Å². The molecule has 8 heteroatoms. The number of barbiturate groups is 1. The number of rotatable bonds is 2. The van der Waals surface area contributed by atoms with Gasteiger partial charge in [-0.25, -0.2) is 9.69 Å². The van der Waals surface area contributed by atoms with Crippen molar-refractivity contribution in [2.75, 3.05) is 4.90 Å². The Morgan fingerprint density at radius 2 is 1.63 bits per heavy atom. The third-order valence-electron chi connectivity index (χ3n) is 3.92. The van der Waals surface area contributed by atoms with Gasteiger partial charge < -0.3 is 5.11 Å². The van der Waals surface area contributed by atoms with Gasteiger partial charge in [0, 0.05) is 10.6 Å². The molecule has 2 aromatic rings. The number of urea groups is 1. The molecule has 138 valence electrons. The van der Waals surface area contributed by atoms with E-state index in [2.05, 4.69) is 5.32 Å². The Bertz CT molecular complexity index is 1010. The third-order valence-corrected chi connectivity index (χ3v) is 4.43. The predicted molar refractivity (Wildman–Crippen MR) is 103 cm³/mol. The molecule has 0 aliphatic carbocycles. The summed E-state index contributed by atoms with van der Waals surface area (Å²) >= 11 is 11.8. The second kappa shape index (κ2) is 7.06. The summed E-state index contributed by atoms with van der Waals surface area (Å²) < 4.78 is 0. The number of phenols is 1. The van der Waals surface area contributed by atoms with Gasteiger partial charge in [0.25, 0.3) is 11.8 Å². The number of nitrogens with zero attached hydrogens (tertiary/aromatic N) is 1. The molecule has 0 saturated carbocycles. The molecule has 27 heavy (non-hydrogen) atoms. The minimum Gasteiger partial charge on any atom is -0.506 e. The number of anilines is 1. The third kappa shape index (κ3) is 3.67. The highest BCUT2D eigenvalue weighted by molar-refractivity contribution is 6.40. The summed E-state index contributed by atoms with van der Waals surface area (Å²) in [6, 6.07) is 7.05. The summed E-state index contributed by atoms with van der Waals surface area (Å²) in [5.74, 6) is -2.02. The van der Waals surface area contributed by atoms with E-state index in [9.17, 15) is 19.5 Å². The number of phenolic OH excluding ortho intramolecular Hbond substituents is 1. The molecule has 0 spiro atoms. The van der Waals surface area contributed by atoms with E-state index < -0.39 is 17.8 Å². The number of benzene rings is 2. The van der Waals surface area contributed by atoms with Crippen LogP contribution in [0.2, 0.25) is 10.0 Å². The topological polar surface area (TPSA) is 86.7 Å². The molecular formula is C19H14Cl2N2O4. The number of carbonyl (C=O) groups is 3. The van der Waals surface area contributed by atoms with Crippen molar-refractivity contribution in [1.29, 1.82) is 0 Å². The normalized spacial score (nSPS) is 16.1. The fourth-order valence-corrected chi connectivity index (χ4v) is 3.33. The van der Waals surface area contributed by atoms with Gasteiger partial charge in [-0.3, -0.25) is 14.9 Å². The quantitative estimate of drug-likeness (QED) is 0.585. The van der Waals surface area contributed by atoms with E-state index in [-0.39, 0.29) is 26.9 Å². The van der Waals surface area contributed by atoms with Crippen molar-refractivity contribution in [3.8, 4) is 5.75 Å². The molecule has 6 nitrogen and oxygen atoms in total. The number of carbonyl (C=O) groups excluding carboxylic acids is 3. The molecule has 1 fully saturated rings. The lowest BCUT2D eigenvalue weighted by molar-refractivity contribution is -0.122. The number of halogens is 2. The Labute approximate surface area is 165 Å². The van der Waals surface area contributed by atoms with Gasteiger partial charge in [0.05, 0.1) is 10.7 Å². The Kier molecular flexibility index (Phi) is 4.95. The van der Waals surface area contributed by atoms with Crippen LogP contribution in [0.1, 0.15) is 16.7 Å². The SMILES string of the molecule is Cc1cc(C)cc(N2C(=O)NC(=O)/C(=C\c3cc(Cl)cc(Cl)c3O)C2=O)c1. The second-order valence-corrected chi connectivity index (χ2v) is 6.97. The van der Waals surface area contributed by atoms with Gasteiger partial charge in [-0.1, -0.05) is 29.3 Å². The van der Waals surface area contributed by atoms with Gasteiger partial charge in [-0.15, -0.1) is 0 Å². The van der Waals surface area contributed by atoms with Crippen molar-refractivity contribution in [3.05, 3.63) is 62.6 Å². The molecule has 0 radical (unpaired) electrons. The number of amides is 4. The molecule has 0 bridgehead atoms. The van der Waals surface area contributed by atoms with Crippen LogP contribution in [0.5, 0.6) is 5.75 Å². The fourth-order valence-electron chi connectivity index (χ4n) is 2.82. The maximum Gasteiger partial charge on any atom is 0.335 e.